The molecule has 0 saturated heterocycles. The first-order chi connectivity index (χ1) is 11.9. The lowest BCUT2D eigenvalue weighted by atomic mass is 10.0. The minimum Gasteiger partial charge on any atom is -0.387 e. The van der Waals surface area contributed by atoms with Crippen LogP contribution < -0.4 is 5.32 Å². The van der Waals surface area contributed by atoms with E-state index >= 15 is 0 Å². The van der Waals surface area contributed by atoms with Crippen LogP contribution in [0.1, 0.15) is 27.6 Å². The Kier molecular flexibility index (Phi) is 4.41. The summed E-state index contributed by atoms with van der Waals surface area (Å²) in [6.45, 7) is -0.358. The molecular formula is C16H13F3N4O2. The largest absolute Gasteiger partial charge is 0.416 e. The molecule has 0 saturated carbocycles. The average molecular weight is 350 g/mol. The Hall–Kier alpha value is -2.94. The average Bonchev–Trinajstić information content (AvgIpc) is 3.06. The fourth-order valence-electron chi connectivity index (χ4n) is 2.43. The molecule has 0 aliphatic rings. The number of fused-ring (bicyclic) bond motifs is 1. The van der Waals surface area contributed by atoms with E-state index < -0.39 is 23.8 Å². The number of nitrogens with zero attached hydrogens (tertiary/aromatic N) is 2. The molecule has 0 aliphatic carbocycles. The van der Waals surface area contributed by atoms with Crippen LogP contribution in [0.3, 0.4) is 0 Å². The predicted octanol–water partition coefficient (Wildman–Crippen LogP) is 2.44. The number of aliphatic hydroxyl groups excluding tert-OH is 1. The van der Waals surface area contributed by atoms with Gasteiger partial charge in [0.15, 0.2) is 0 Å². The smallest absolute Gasteiger partial charge is 0.387 e. The molecule has 9 heteroatoms. The molecule has 1 atom stereocenters. The topological polar surface area (TPSA) is 90.9 Å². The summed E-state index contributed by atoms with van der Waals surface area (Å²) in [5.41, 5.74) is 0.104. The van der Waals surface area contributed by atoms with Crippen molar-refractivity contribution in [3.63, 3.8) is 0 Å². The van der Waals surface area contributed by atoms with Crippen LogP contribution in [0.25, 0.3) is 11.0 Å². The van der Waals surface area contributed by atoms with Crippen molar-refractivity contribution in [2.45, 2.75) is 12.3 Å². The summed E-state index contributed by atoms with van der Waals surface area (Å²) in [7, 11) is 0. The molecule has 0 spiro atoms. The third-order valence-electron chi connectivity index (χ3n) is 3.66. The SMILES string of the molecule is O=C(NC[C@H](O)c1ccccc1C(F)(F)F)c1ccc2n[nH]nc2c1. The van der Waals surface area contributed by atoms with E-state index in [1.807, 2.05) is 0 Å². The third kappa shape index (κ3) is 3.61. The summed E-state index contributed by atoms with van der Waals surface area (Å²) >= 11 is 0. The Balaban J connectivity index is 1.72. The van der Waals surface area contributed by atoms with Gasteiger partial charge in [-0.05, 0) is 29.8 Å². The molecule has 1 aromatic heterocycles. The number of alkyl halides is 3. The Labute approximate surface area is 139 Å². The predicted molar refractivity (Wildman–Crippen MR) is 82.6 cm³/mol. The molecule has 2 aromatic carbocycles. The Bertz CT molecular complexity index is 908. The third-order valence-corrected chi connectivity index (χ3v) is 3.66. The van der Waals surface area contributed by atoms with Crippen LogP contribution in [-0.4, -0.2) is 33.0 Å². The second-order valence-corrected chi connectivity index (χ2v) is 5.34. The summed E-state index contributed by atoms with van der Waals surface area (Å²) in [5.74, 6) is -0.534. The summed E-state index contributed by atoms with van der Waals surface area (Å²) in [6.07, 6.45) is -6.07. The number of aliphatic hydroxyl groups is 1. The van der Waals surface area contributed by atoms with Gasteiger partial charge in [0.2, 0.25) is 0 Å². The molecule has 25 heavy (non-hydrogen) atoms. The number of hydrogen-bond acceptors (Lipinski definition) is 4. The molecule has 3 aromatic rings. The monoisotopic (exact) mass is 350 g/mol. The number of carbonyl (C=O) groups excluding carboxylic acids is 1. The van der Waals surface area contributed by atoms with Crippen molar-refractivity contribution in [1.29, 1.82) is 0 Å². The lowest BCUT2D eigenvalue weighted by Crippen LogP contribution is -2.29. The molecular weight excluding hydrogens is 337 g/mol. The molecule has 6 nitrogen and oxygen atoms in total. The second-order valence-electron chi connectivity index (χ2n) is 5.34. The van der Waals surface area contributed by atoms with E-state index in [2.05, 4.69) is 20.7 Å². The van der Waals surface area contributed by atoms with Crippen molar-refractivity contribution < 1.29 is 23.1 Å². The van der Waals surface area contributed by atoms with Gasteiger partial charge in [0.1, 0.15) is 11.0 Å². The van der Waals surface area contributed by atoms with Crippen LogP contribution in [0.15, 0.2) is 42.5 Å². The van der Waals surface area contributed by atoms with Crippen LogP contribution in [0.5, 0.6) is 0 Å². The number of halogens is 3. The fraction of sp³-hybridized carbons (Fsp3) is 0.188. The van der Waals surface area contributed by atoms with Crippen molar-refractivity contribution >= 4 is 16.9 Å². The quantitative estimate of drug-likeness (QED) is 0.674. The van der Waals surface area contributed by atoms with Gasteiger partial charge in [-0.15, -0.1) is 0 Å². The number of H-pyrrole nitrogens is 1. The van der Waals surface area contributed by atoms with Crippen molar-refractivity contribution in [3.05, 3.63) is 59.2 Å². The molecule has 0 bridgehead atoms. The van der Waals surface area contributed by atoms with Gasteiger partial charge < -0.3 is 10.4 Å². The molecule has 0 unspecified atom stereocenters. The minimum atomic E-state index is -4.58. The standard InChI is InChI=1S/C16H13F3N4O2/c17-16(18,19)11-4-2-1-3-10(11)14(24)8-20-15(25)9-5-6-12-13(7-9)22-23-21-12/h1-7,14,24H,8H2,(H,20,25)(H,21,22,23)/t14-/m0/s1. The zero-order valence-electron chi connectivity index (χ0n) is 12.7. The minimum absolute atomic E-state index is 0.262. The van der Waals surface area contributed by atoms with Gasteiger partial charge in [-0.25, -0.2) is 0 Å². The highest BCUT2D eigenvalue weighted by Crippen LogP contribution is 2.34. The Morgan fingerprint density at radius 2 is 1.88 bits per heavy atom. The normalized spacial score (nSPS) is 13.0. The Morgan fingerprint density at radius 1 is 1.16 bits per heavy atom. The van der Waals surface area contributed by atoms with E-state index in [0.29, 0.717) is 11.0 Å². The summed E-state index contributed by atoms with van der Waals surface area (Å²) in [5, 5.41) is 22.6. The van der Waals surface area contributed by atoms with E-state index in [0.717, 1.165) is 6.07 Å². The van der Waals surface area contributed by atoms with Gasteiger partial charge in [-0.2, -0.15) is 28.6 Å². The van der Waals surface area contributed by atoms with Crippen molar-refractivity contribution in [2.75, 3.05) is 6.54 Å². The van der Waals surface area contributed by atoms with Crippen molar-refractivity contribution in [3.8, 4) is 0 Å². The van der Waals surface area contributed by atoms with Crippen LogP contribution in [0.4, 0.5) is 13.2 Å². The van der Waals surface area contributed by atoms with Crippen molar-refractivity contribution in [1.82, 2.24) is 20.7 Å². The van der Waals surface area contributed by atoms with E-state index in [9.17, 15) is 23.1 Å². The zero-order chi connectivity index (χ0) is 18.0. The molecule has 3 rings (SSSR count). The maximum Gasteiger partial charge on any atom is 0.416 e. The highest BCUT2D eigenvalue weighted by atomic mass is 19.4. The maximum absolute atomic E-state index is 13.0. The molecule has 1 heterocycles. The fourth-order valence-corrected chi connectivity index (χ4v) is 2.43. The second kappa shape index (κ2) is 6.52. The number of amides is 1. The van der Waals surface area contributed by atoms with Gasteiger partial charge in [0.05, 0.1) is 11.7 Å². The molecule has 1 amide bonds. The molecule has 3 N–H and O–H groups in total. The number of benzene rings is 2. The lowest BCUT2D eigenvalue weighted by Gasteiger charge is -2.17. The summed E-state index contributed by atoms with van der Waals surface area (Å²) in [4.78, 5) is 12.1. The highest BCUT2D eigenvalue weighted by molar-refractivity contribution is 5.97. The van der Waals surface area contributed by atoms with Crippen LogP contribution >= 0.6 is 0 Å². The number of aromatic nitrogens is 3. The molecule has 130 valence electrons. The van der Waals surface area contributed by atoms with Gasteiger partial charge in [-0.3, -0.25) is 4.79 Å². The maximum atomic E-state index is 13.0. The van der Waals surface area contributed by atoms with E-state index in [-0.39, 0.29) is 17.7 Å². The molecule has 0 aliphatic heterocycles. The first-order valence-corrected chi connectivity index (χ1v) is 7.29. The first kappa shape index (κ1) is 16.9. The van der Waals surface area contributed by atoms with E-state index in [1.165, 1.54) is 30.3 Å². The number of nitrogens with one attached hydrogen (secondary N) is 2. The molecule has 0 radical (unpaired) electrons. The number of carbonyl (C=O) groups is 1. The van der Waals surface area contributed by atoms with E-state index in [1.54, 1.807) is 6.07 Å². The van der Waals surface area contributed by atoms with Crippen molar-refractivity contribution in [2.24, 2.45) is 0 Å². The highest BCUT2D eigenvalue weighted by Gasteiger charge is 2.34. The van der Waals surface area contributed by atoms with Crippen LogP contribution in [-0.2, 0) is 6.18 Å². The Morgan fingerprint density at radius 3 is 2.64 bits per heavy atom. The number of rotatable bonds is 4. The first-order valence-electron chi connectivity index (χ1n) is 7.29. The van der Waals surface area contributed by atoms with Gasteiger partial charge in [0.25, 0.3) is 5.91 Å². The van der Waals surface area contributed by atoms with Crippen LogP contribution in [0, 0.1) is 0 Å². The lowest BCUT2D eigenvalue weighted by molar-refractivity contribution is -0.139. The van der Waals surface area contributed by atoms with Gasteiger partial charge in [-0.1, -0.05) is 18.2 Å². The summed E-state index contributed by atoms with van der Waals surface area (Å²) in [6, 6.07) is 9.29. The number of aromatic amines is 1. The van der Waals surface area contributed by atoms with E-state index in [4.69, 9.17) is 0 Å². The van der Waals surface area contributed by atoms with Gasteiger partial charge >= 0.3 is 6.18 Å². The molecule has 0 fully saturated rings. The van der Waals surface area contributed by atoms with Crippen LogP contribution in [0.2, 0.25) is 0 Å². The summed E-state index contributed by atoms with van der Waals surface area (Å²) < 4.78 is 38.9. The zero-order valence-corrected chi connectivity index (χ0v) is 12.7. The number of hydrogen-bond donors (Lipinski definition) is 3. The van der Waals surface area contributed by atoms with Gasteiger partial charge in [0, 0.05) is 12.1 Å².